The Morgan fingerprint density at radius 1 is 1.58 bits per heavy atom. The maximum atomic E-state index is 11.8. The van der Waals surface area contributed by atoms with Crippen molar-refractivity contribution in [2.24, 2.45) is 13.0 Å². The zero-order valence-corrected chi connectivity index (χ0v) is 11.7. The summed E-state index contributed by atoms with van der Waals surface area (Å²) in [5, 5.41) is 21.7. The Morgan fingerprint density at radius 2 is 2.32 bits per heavy atom. The molecule has 3 rings (SSSR count). The molecule has 7 heteroatoms. The highest BCUT2D eigenvalue weighted by Gasteiger charge is 2.53. The molecule has 2 N–H and O–H groups in total. The number of nitrogens with zero attached hydrogens (tertiary/aromatic N) is 3. The Labute approximate surface area is 116 Å². The van der Waals surface area contributed by atoms with Gasteiger partial charge < -0.3 is 9.67 Å². The topological polar surface area (TPSA) is 80.0 Å². The maximum Gasteiger partial charge on any atom is 0.325 e. The number of carboxylic acids is 1. The van der Waals surface area contributed by atoms with Crippen LogP contribution in [0.4, 0.5) is 0 Å². The van der Waals surface area contributed by atoms with E-state index in [1.807, 2.05) is 11.6 Å². The van der Waals surface area contributed by atoms with Crippen LogP contribution in [-0.2, 0) is 11.8 Å². The molecule has 2 fully saturated rings. The summed E-state index contributed by atoms with van der Waals surface area (Å²) >= 11 is 1.47. The van der Waals surface area contributed by atoms with Crippen molar-refractivity contribution in [3.05, 3.63) is 6.33 Å². The minimum atomic E-state index is -0.794. The largest absolute Gasteiger partial charge is 0.480 e. The van der Waals surface area contributed by atoms with E-state index in [0.29, 0.717) is 11.8 Å². The Bertz CT molecular complexity index is 484. The molecule has 0 aromatic carbocycles. The third kappa shape index (κ3) is 2.62. The fourth-order valence-corrected chi connectivity index (χ4v) is 3.48. The minimum absolute atomic E-state index is 0.256. The Kier molecular flexibility index (Phi) is 3.26. The van der Waals surface area contributed by atoms with E-state index in [0.717, 1.165) is 30.8 Å². The summed E-state index contributed by atoms with van der Waals surface area (Å²) in [7, 11) is 1.87. The average Bonchev–Trinajstić information content (AvgIpc) is 3.25. The number of carboxylic acid groups (broad SMARTS) is 1. The van der Waals surface area contributed by atoms with Crippen molar-refractivity contribution in [1.82, 2.24) is 20.1 Å². The van der Waals surface area contributed by atoms with Crippen molar-refractivity contribution in [1.29, 1.82) is 0 Å². The molecule has 0 spiro atoms. The van der Waals surface area contributed by atoms with E-state index in [9.17, 15) is 9.90 Å². The number of hydrogen-bond donors (Lipinski definition) is 2. The highest BCUT2D eigenvalue weighted by Crippen LogP contribution is 2.44. The molecule has 1 aromatic rings. The van der Waals surface area contributed by atoms with Crippen LogP contribution in [0.3, 0.4) is 0 Å². The van der Waals surface area contributed by atoms with E-state index in [2.05, 4.69) is 15.5 Å². The smallest absolute Gasteiger partial charge is 0.325 e. The molecule has 0 radical (unpaired) electrons. The molecule has 0 saturated heterocycles. The van der Waals surface area contributed by atoms with Gasteiger partial charge in [0.2, 0.25) is 0 Å². The van der Waals surface area contributed by atoms with E-state index in [4.69, 9.17) is 0 Å². The van der Waals surface area contributed by atoms with Crippen molar-refractivity contribution in [2.75, 3.05) is 5.75 Å². The maximum absolute atomic E-state index is 11.8. The van der Waals surface area contributed by atoms with Gasteiger partial charge in [-0.15, -0.1) is 10.2 Å². The van der Waals surface area contributed by atoms with Gasteiger partial charge in [-0.05, 0) is 31.6 Å². The predicted molar refractivity (Wildman–Crippen MR) is 71.0 cm³/mol. The molecule has 6 nitrogen and oxygen atoms in total. The summed E-state index contributed by atoms with van der Waals surface area (Å²) in [6.45, 7) is 0. The quantitative estimate of drug-likeness (QED) is 0.723. The normalized spacial score (nSPS) is 22.2. The minimum Gasteiger partial charge on any atom is -0.480 e. The van der Waals surface area contributed by atoms with Crippen molar-refractivity contribution in [3.8, 4) is 0 Å². The first kappa shape index (κ1) is 12.9. The molecule has 2 aliphatic carbocycles. The van der Waals surface area contributed by atoms with Crippen LogP contribution in [0.2, 0.25) is 0 Å². The van der Waals surface area contributed by atoms with Gasteiger partial charge >= 0.3 is 5.97 Å². The molecular formula is C12H18N4O2S. The van der Waals surface area contributed by atoms with Crippen LogP contribution in [0.1, 0.15) is 25.7 Å². The van der Waals surface area contributed by atoms with Gasteiger partial charge in [-0.2, -0.15) is 0 Å². The number of hydrogen-bond acceptors (Lipinski definition) is 5. The van der Waals surface area contributed by atoms with Crippen molar-refractivity contribution < 1.29 is 9.90 Å². The average molecular weight is 282 g/mol. The van der Waals surface area contributed by atoms with Crippen LogP contribution in [0.25, 0.3) is 0 Å². The first-order valence-electron chi connectivity index (χ1n) is 6.60. The highest BCUT2D eigenvalue weighted by atomic mass is 32.2. The number of aryl methyl sites for hydroxylation is 1. The van der Waals surface area contributed by atoms with Gasteiger partial charge in [-0.3, -0.25) is 10.1 Å². The molecular weight excluding hydrogens is 264 g/mol. The number of carbonyl (C=O) groups is 1. The van der Waals surface area contributed by atoms with Gasteiger partial charge in [0, 0.05) is 18.8 Å². The van der Waals surface area contributed by atoms with Crippen molar-refractivity contribution in [2.45, 2.75) is 42.4 Å². The van der Waals surface area contributed by atoms with Crippen molar-refractivity contribution in [3.63, 3.8) is 0 Å². The molecule has 104 valence electrons. The molecule has 2 saturated carbocycles. The SMILES string of the molecule is Cn1cnnc1SCC(NC1CC1)(C(=O)O)C1CC1. The first-order chi connectivity index (χ1) is 9.12. The zero-order valence-electron chi connectivity index (χ0n) is 10.9. The molecule has 1 unspecified atom stereocenters. The third-order valence-corrected chi connectivity index (χ3v) is 5.02. The van der Waals surface area contributed by atoms with Crippen LogP contribution < -0.4 is 5.32 Å². The van der Waals surface area contributed by atoms with Gasteiger partial charge in [0.15, 0.2) is 5.16 Å². The molecule has 0 aliphatic heterocycles. The fourth-order valence-electron chi connectivity index (χ4n) is 2.33. The van der Waals surface area contributed by atoms with Gasteiger partial charge in [0.25, 0.3) is 0 Å². The van der Waals surface area contributed by atoms with Gasteiger partial charge in [0.1, 0.15) is 11.9 Å². The van der Waals surface area contributed by atoms with Crippen LogP contribution >= 0.6 is 11.8 Å². The van der Waals surface area contributed by atoms with Gasteiger partial charge in [0.05, 0.1) is 0 Å². The second-order valence-corrected chi connectivity index (χ2v) is 6.42. The lowest BCUT2D eigenvalue weighted by atomic mass is 9.95. The molecule has 2 aliphatic rings. The van der Waals surface area contributed by atoms with Crippen LogP contribution in [0.15, 0.2) is 11.5 Å². The standard InChI is InChI=1S/C12H18N4O2S/c1-16-7-13-15-11(16)19-6-12(10(17)18,8-2-3-8)14-9-4-5-9/h7-9,14H,2-6H2,1H3,(H,17,18). The van der Waals surface area contributed by atoms with E-state index < -0.39 is 11.5 Å². The molecule has 1 heterocycles. The summed E-state index contributed by atoms with van der Waals surface area (Å²) in [5.41, 5.74) is -0.794. The Balaban J connectivity index is 1.74. The molecule has 1 atom stereocenters. The summed E-state index contributed by atoms with van der Waals surface area (Å²) in [4.78, 5) is 11.8. The summed E-state index contributed by atoms with van der Waals surface area (Å²) in [6.07, 6.45) is 5.83. The lowest BCUT2D eigenvalue weighted by molar-refractivity contribution is -0.145. The van der Waals surface area contributed by atoms with Gasteiger partial charge in [-0.1, -0.05) is 11.8 Å². The lowest BCUT2D eigenvalue weighted by Crippen LogP contribution is -2.57. The lowest BCUT2D eigenvalue weighted by Gasteiger charge is -2.30. The molecule has 19 heavy (non-hydrogen) atoms. The second-order valence-electron chi connectivity index (χ2n) is 5.48. The molecule has 1 aromatic heterocycles. The monoisotopic (exact) mass is 282 g/mol. The number of nitrogens with one attached hydrogen (secondary N) is 1. The number of rotatable bonds is 7. The van der Waals surface area contributed by atoms with E-state index in [-0.39, 0.29) is 5.92 Å². The van der Waals surface area contributed by atoms with Crippen LogP contribution in [-0.4, -0.2) is 43.2 Å². The van der Waals surface area contributed by atoms with Crippen LogP contribution in [0, 0.1) is 5.92 Å². The van der Waals surface area contributed by atoms with Crippen molar-refractivity contribution >= 4 is 17.7 Å². The second kappa shape index (κ2) is 4.79. The van der Waals surface area contributed by atoms with E-state index >= 15 is 0 Å². The highest BCUT2D eigenvalue weighted by molar-refractivity contribution is 7.99. The number of thioether (sulfide) groups is 1. The number of aromatic nitrogens is 3. The van der Waals surface area contributed by atoms with Gasteiger partial charge in [-0.25, -0.2) is 0 Å². The van der Waals surface area contributed by atoms with Crippen LogP contribution in [0.5, 0.6) is 0 Å². The summed E-state index contributed by atoms with van der Waals surface area (Å²) in [5.74, 6) is 0.0404. The van der Waals surface area contributed by atoms with E-state index in [1.165, 1.54) is 11.8 Å². The first-order valence-corrected chi connectivity index (χ1v) is 7.58. The van der Waals surface area contributed by atoms with E-state index in [1.54, 1.807) is 6.33 Å². The zero-order chi connectivity index (χ0) is 13.5. The Morgan fingerprint density at radius 3 is 2.79 bits per heavy atom. The summed E-state index contributed by atoms with van der Waals surface area (Å²) < 4.78 is 1.82. The fraction of sp³-hybridized carbons (Fsp3) is 0.750. The predicted octanol–water partition coefficient (Wildman–Crippen LogP) is 0.893. The number of aliphatic carboxylic acids is 1. The molecule has 0 amide bonds. The Hall–Kier alpha value is -1.08. The third-order valence-electron chi connectivity index (χ3n) is 3.79. The summed E-state index contributed by atoms with van der Waals surface area (Å²) in [6, 6.07) is 0.386. The molecule has 0 bridgehead atoms.